The van der Waals surface area contributed by atoms with Gasteiger partial charge in [-0.1, -0.05) is 13.8 Å². The third-order valence-electron chi connectivity index (χ3n) is 4.04. The molecule has 3 rings (SSSR count). The maximum Gasteiger partial charge on any atom is 0.139 e. The maximum atomic E-state index is 9.61. The van der Waals surface area contributed by atoms with Crippen molar-refractivity contribution < 1.29 is 5.11 Å². The van der Waals surface area contributed by atoms with Crippen LogP contribution in [0.4, 0.5) is 0 Å². The molecule has 0 bridgehead atoms. The largest absolute Gasteiger partial charge is 0.392 e. The summed E-state index contributed by atoms with van der Waals surface area (Å²) < 4.78 is 4.22. The summed E-state index contributed by atoms with van der Waals surface area (Å²) in [5.41, 5.74) is 5.39. The molecule has 4 heteroatoms. The number of aromatic nitrogens is 3. The maximum absolute atomic E-state index is 9.61. The first-order valence-electron chi connectivity index (χ1n) is 8.43. The molecule has 128 valence electrons. The molecule has 3 aromatic heterocycles. The van der Waals surface area contributed by atoms with Crippen LogP contribution in [-0.4, -0.2) is 19.2 Å². The van der Waals surface area contributed by atoms with E-state index in [-0.39, 0.29) is 6.61 Å². The smallest absolute Gasteiger partial charge is 0.139 e. The second-order valence-corrected chi connectivity index (χ2v) is 5.75. The lowest BCUT2D eigenvalue weighted by Crippen LogP contribution is -2.08. The van der Waals surface area contributed by atoms with Gasteiger partial charge in [-0.25, -0.2) is 4.98 Å². The Labute approximate surface area is 144 Å². The molecule has 4 nitrogen and oxygen atoms in total. The summed E-state index contributed by atoms with van der Waals surface area (Å²) in [6, 6.07) is 12.2. The second-order valence-electron chi connectivity index (χ2n) is 5.75. The van der Waals surface area contributed by atoms with Crippen molar-refractivity contribution in [1.82, 2.24) is 14.1 Å². The van der Waals surface area contributed by atoms with Crippen LogP contribution < -0.4 is 0 Å². The van der Waals surface area contributed by atoms with Crippen LogP contribution in [0, 0.1) is 27.7 Å². The van der Waals surface area contributed by atoms with E-state index in [1.807, 2.05) is 26.0 Å². The molecule has 0 aliphatic carbocycles. The van der Waals surface area contributed by atoms with E-state index in [0.29, 0.717) is 0 Å². The Morgan fingerprint density at radius 3 is 1.38 bits per heavy atom. The van der Waals surface area contributed by atoms with E-state index in [1.165, 1.54) is 0 Å². The van der Waals surface area contributed by atoms with E-state index in [1.54, 1.807) is 0 Å². The van der Waals surface area contributed by atoms with Gasteiger partial charge in [-0.15, -0.1) is 0 Å². The van der Waals surface area contributed by atoms with Crippen LogP contribution in [0.25, 0.3) is 11.6 Å². The van der Waals surface area contributed by atoms with Gasteiger partial charge in [0.2, 0.25) is 0 Å². The SMILES string of the molecule is CC.Cc1ccc(C)n1-c1cc(CO)cc(-n2c(C)ccc2C)n1. The first kappa shape index (κ1) is 18.0. The lowest BCUT2D eigenvalue weighted by molar-refractivity contribution is 0.281. The molecule has 0 unspecified atom stereocenters. The molecule has 0 amide bonds. The van der Waals surface area contributed by atoms with Crippen LogP contribution in [0.2, 0.25) is 0 Å². The second kappa shape index (κ2) is 7.49. The number of pyridine rings is 1. The predicted molar refractivity (Wildman–Crippen MR) is 99.1 cm³/mol. The zero-order valence-corrected chi connectivity index (χ0v) is 15.5. The van der Waals surface area contributed by atoms with Crippen LogP contribution in [0.5, 0.6) is 0 Å². The minimum Gasteiger partial charge on any atom is -0.392 e. The average molecular weight is 325 g/mol. The number of rotatable bonds is 3. The first-order valence-corrected chi connectivity index (χ1v) is 8.43. The van der Waals surface area contributed by atoms with E-state index in [0.717, 1.165) is 40.0 Å². The molecule has 3 aromatic rings. The normalized spacial score (nSPS) is 10.5. The quantitative estimate of drug-likeness (QED) is 0.775. The highest BCUT2D eigenvalue weighted by Gasteiger charge is 2.11. The summed E-state index contributed by atoms with van der Waals surface area (Å²) in [6.07, 6.45) is 0. The number of hydrogen-bond donors (Lipinski definition) is 1. The van der Waals surface area contributed by atoms with E-state index in [2.05, 4.69) is 61.1 Å². The van der Waals surface area contributed by atoms with E-state index in [9.17, 15) is 5.11 Å². The number of hydrogen-bond acceptors (Lipinski definition) is 2. The van der Waals surface area contributed by atoms with Gasteiger partial charge in [-0.2, -0.15) is 0 Å². The molecule has 1 N–H and O–H groups in total. The van der Waals surface area contributed by atoms with Gasteiger partial charge in [0.25, 0.3) is 0 Å². The average Bonchev–Trinajstić information content (AvgIpc) is 3.10. The van der Waals surface area contributed by atoms with Crippen LogP contribution in [0.1, 0.15) is 42.2 Å². The van der Waals surface area contributed by atoms with Crippen molar-refractivity contribution in [3.63, 3.8) is 0 Å². The van der Waals surface area contributed by atoms with Crippen molar-refractivity contribution in [2.24, 2.45) is 0 Å². The van der Waals surface area contributed by atoms with Gasteiger partial charge in [-0.3, -0.25) is 0 Å². The summed E-state index contributed by atoms with van der Waals surface area (Å²) in [5, 5.41) is 9.61. The van der Waals surface area contributed by atoms with E-state index >= 15 is 0 Å². The number of aliphatic hydroxyl groups is 1. The molecular weight excluding hydrogens is 298 g/mol. The molecule has 0 saturated carbocycles. The molecule has 24 heavy (non-hydrogen) atoms. The highest BCUT2D eigenvalue weighted by molar-refractivity contribution is 5.42. The predicted octanol–water partition coefficient (Wildman–Crippen LogP) is 4.42. The fourth-order valence-corrected chi connectivity index (χ4v) is 2.94. The number of nitrogens with zero attached hydrogens (tertiary/aromatic N) is 3. The van der Waals surface area contributed by atoms with Crippen molar-refractivity contribution >= 4 is 0 Å². The summed E-state index contributed by atoms with van der Waals surface area (Å²) in [7, 11) is 0. The zero-order valence-electron chi connectivity index (χ0n) is 15.5. The zero-order chi connectivity index (χ0) is 17.9. The highest BCUT2D eigenvalue weighted by atomic mass is 16.3. The van der Waals surface area contributed by atoms with Crippen molar-refractivity contribution in [1.29, 1.82) is 0 Å². The molecule has 0 aromatic carbocycles. The fraction of sp³-hybridized carbons (Fsp3) is 0.350. The first-order chi connectivity index (χ1) is 11.5. The van der Waals surface area contributed by atoms with Crippen LogP contribution in [0.3, 0.4) is 0 Å². The third kappa shape index (κ3) is 3.29. The molecular formula is C20H27N3O. The van der Waals surface area contributed by atoms with E-state index < -0.39 is 0 Å². The van der Waals surface area contributed by atoms with Gasteiger partial charge in [0.15, 0.2) is 0 Å². The van der Waals surface area contributed by atoms with Gasteiger partial charge in [0, 0.05) is 22.8 Å². The summed E-state index contributed by atoms with van der Waals surface area (Å²) in [5.74, 6) is 1.68. The van der Waals surface area contributed by atoms with Gasteiger partial charge in [0.1, 0.15) is 11.6 Å². The van der Waals surface area contributed by atoms with Gasteiger partial charge in [-0.05, 0) is 69.7 Å². The Morgan fingerprint density at radius 1 is 0.750 bits per heavy atom. The third-order valence-corrected chi connectivity index (χ3v) is 4.04. The molecule has 0 radical (unpaired) electrons. The number of aliphatic hydroxyl groups excluding tert-OH is 1. The Morgan fingerprint density at radius 2 is 1.08 bits per heavy atom. The number of aryl methyl sites for hydroxylation is 4. The topological polar surface area (TPSA) is 43.0 Å². The Hall–Kier alpha value is -2.33. The standard InChI is InChI=1S/C18H21N3O.C2H6/c1-12-5-6-13(2)20(12)17-9-16(11-22)10-18(19-17)21-14(3)7-8-15(21)4;1-2/h5-10,22H,11H2,1-4H3;1-2H3. The molecule has 0 atom stereocenters. The lowest BCUT2D eigenvalue weighted by atomic mass is 10.2. The van der Waals surface area contributed by atoms with Crippen molar-refractivity contribution in [3.8, 4) is 11.6 Å². The highest BCUT2D eigenvalue weighted by Crippen LogP contribution is 2.21. The van der Waals surface area contributed by atoms with Crippen LogP contribution >= 0.6 is 0 Å². The van der Waals surface area contributed by atoms with Gasteiger partial charge >= 0.3 is 0 Å². The molecule has 0 fully saturated rings. The Bertz CT molecular complexity index is 724. The molecule has 3 heterocycles. The van der Waals surface area contributed by atoms with Gasteiger partial charge < -0.3 is 14.2 Å². The van der Waals surface area contributed by atoms with Crippen molar-refractivity contribution in [2.45, 2.75) is 48.1 Å². The molecule has 0 aliphatic rings. The van der Waals surface area contributed by atoms with Crippen LogP contribution in [0.15, 0.2) is 36.4 Å². The summed E-state index contributed by atoms with van der Waals surface area (Å²) >= 11 is 0. The lowest BCUT2D eigenvalue weighted by Gasteiger charge is -2.15. The summed E-state index contributed by atoms with van der Waals surface area (Å²) in [6.45, 7) is 12.2. The Kier molecular flexibility index (Phi) is 5.62. The Balaban J connectivity index is 0.00000100. The molecule has 0 spiro atoms. The fourth-order valence-electron chi connectivity index (χ4n) is 2.94. The van der Waals surface area contributed by atoms with Crippen LogP contribution in [-0.2, 0) is 6.61 Å². The molecule has 0 saturated heterocycles. The minimum absolute atomic E-state index is 0.00124. The van der Waals surface area contributed by atoms with E-state index in [4.69, 9.17) is 4.98 Å². The van der Waals surface area contributed by atoms with Gasteiger partial charge in [0.05, 0.1) is 6.61 Å². The summed E-state index contributed by atoms with van der Waals surface area (Å²) in [4.78, 5) is 4.82. The van der Waals surface area contributed by atoms with Crippen molar-refractivity contribution in [3.05, 3.63) is 64.7 Å². The van der Waals surface area contributed by atoms with Crippen molar-refractivity contribution in [2.75, 3.05) is 0 Å². The minimum atomic E-state index is 0.00124. The molecule has 0 aliphatic heterocycles. The monoisotopic (exact) mass is 325 g/mol.